The maximum Gasteiger partial charge on any atom is 0.148 e. The van der Waals surface area contributed by atoms with Gasteiger partial charge in [0.25, 0.3) is 0 Å². The molecule has 0 bridgehead atoms. The predicted octanol–water partition coefficient (Wildman–Crippen LogP) is 1.77. The number of ether oxygens (including phenoxy) is 2. The standard InChI is InChI=1S/C14H17N3O2/c1-10-14(15-8-11-9-18-6-7-19-11)17-13-5-3-2-4-12(13)16-10/h2-5,11H,6-9H2,1H3,(H,15,17). The average molecular weight is 259 g/mol. The number of rotatable bonds is 3. The normalized spacial score (nSPS) is 19.5. The van der Waals surface area contributed by atoms with Gasteiger partial charge < -0.3 is 14.8 Å². The van der Waals surface area contributed by atoms with Gasteiger partial charge in [-0.3, -0.25) is 0 Å². The van der Waals surface area contributed by atoms with Gasteiger partial charge in [-0.2, -0.15) is 0 Å². The zero-order valence-corrected chi connectivity index (χ0v) is 10.9. The van der Waals surface area contributed by atoms with E-state index in [2.05, 4.69) is 15.3 Å². The molecule has 1 aliphatic heterocycles. The van der Waals surface area contributed by atoms with Crippen LogP contribution in [0.15, 0.2) is 24.3 Å². The fourth-order valence-corrected chi connectivity index (χ4v) is 2.12. The summed E-state index contributed by atoms with van der Waals surface area (Å²) in [6, 6.07) is 7.87. The Balaban J connectivity index is 1.74. The summed E-state index contributed by atoms with van der Waals surface area (Å²) >= 11 is 0. The molecule has 2 heterocycles. The lowest BCUT2D eigenvalue weighted by molar-refractivity contribution is -0.0819. The number of para-hydroxylation sites is 2. The number of nitrogens with one attached hydrogen (secondary N) is 1. The Kier molecular flexibility index (Phi) is 3.57. The molecule has 5 heteroatoms. The lowest BCUT2D eigenvalue weighted by atomic mass is 10.3. The Labute approximate surface area is 112 Å². The van der Waals surface area contributed by atoms with E-state index in [1.807, 2.05) is 31.2 Å². The first-order valence-corrected chi connectivity index (χ1v) is 6.49. The topological polar surface area (TPSA) is 56.3 Å². The molecule has 1 unspecified atom stereocenters. The van der Waals surface area contributed by atoms with Crippen LogP contribution in [0.1, 0.15) is 5.69 Å². The molecule has 1 aromatic carbocycles. The van der Waals surface area contributed by atoms with Gasteiger partial charge in [-0.15, -0.1) is 0 Å². The molecular formula is C14H17N3O2. The van der Waals surface area contributed by atoms with E-state index in [-0.39, 0.29) is 6.10 Å². The van der Waals surface area contributed by atoms with Crippen molar-refractivity contribution in [2.75, 3.05) is 31.7 Å². The molecule has 1 fully saturated rings. The molecule has 0 saturated carbocycles. The van der Waals surface area contributed by atoms with Gasteiger partial charge >= 0.3 is 0 Å². The second-order valence-corrected chi connectivity index (χ2v) is 4.59. The molecule has 19 heavy (non-hydrogen) atoms. The smallest absolute Gasteiger partial charge is 0.148 e. The van der Waals surface area contributed by atoms with E-state index in [4.69, 9.17) is 9.47 Å². The summed E-state index contributed by atoms with van der Waals surface area (Å²) in [5.41, 5.74) is 2.72. The van der Waals surface area contributed by atoms with Crippen LogP contribution in [0.2, 0.25) is 0 Å². The summed E-state index contributed by atoms with van der Waals surface area (Å²) < 4.78 is 11.0. The quantitative estimate of drug-likeness (QED) is 0.910. The van der Waals surface area contributed by atoms with Crippen molar-refractivity contribution in [2.45, 2.75) is 13.0 Å². The van der Waals surface area contributed by atoms with E-state index >= 15 is 0 Å². The first-order valence-electron chi connectivity index (χ1n) is 6.49. The molecule has 0 aliphatic carbocycles. The highest BCUT2D eigenvalue weighted by Crippen LogP contribution is 2.16. The Morgan fingerprint density at radius 1 is 1.21 bits per heavy atom. The number of hydrogen-bond donors (Lipinski definition) is 1. The van der Waals surface area contributed by atoms with E-state index in [0.29, 0.717) is 26.4 Å². The maximum absolute atomic E-state index is 5.59. The maximum atomic E-state index is 5.59. The van der Waals surface area contributed by atoms with Crippen molar-refractivity contribution in [1.82, 2.24) is 9.97 Å². The van der Waals surface area contributed by atoms with E-state index in [0.717, 1.165) is 22.5 Å². The van der Waals surface area contributed by atoms with Gasteiger partial charge in [-0.05, 0) is 19.1 Å². The van der Waals surface area contributed by atoms with Crippen LogP contribution in [0.4, 0.5) is 5.82 Å². The number of aromatic nitrogens is 2. The van der Waals surface area contributed by atoms with Gasteiger partial charge in [0.2, 0.25) is 0 Å². The number of nitrogens with zero attached hydrogens (tertiary/aromatic N) is 2. The van der Waals surface area contributed by atoms with E-state index in [1.165, 1.54) is 0 Å². The second kappa shape index (κ2) is 5.50. The molecule has 0 radical (unpaired) electrons. The van der Waals surface area contributed by atoms with E-state index in [1.54, 1.807) is 0 Å². The van der Waals surface area contributed by atoms with Crippen LogP contribution < -0.4 is 5.32 Å². The molecular weight excluding hydrogens is 242 g/mol. The van der Waals surface area contributed by atoms with Gasteiger partial charge in [-0.1, -0.05) is 12.1 Å². The van der Waals surface area contributed by atoms with Crippen molar-refractivity contribution in [2.24, 2.45) is 0 Å². The Morgan fingerprint density at radius 3 is 2.74 bits per heavy atom. The van der Waals surface area contributed by atoms with Gasteiger partial charge in [-0.25, -0.2) is 9.97 Å². The Bertz CT molecular complexity index is 568. The van der Waals surface area contributed by atoms with Crippen LogP contribution in [0.25, 0.3) is 11.0 Å². The van der Waals surface area contributed by atoms with Crippen molar-refractivity contribution < 1.29 is 9.47 Å². The van der Waals surface area contributed by atoms with Crippen molar-refractivity contribution in [3.8, 4) is 0 Å². The van der Waals surface area contributed by atoms with Crippen molar-refractivity contribution in [3.63, 3.8) is 0 Å². The molecule has 100 valence electrons. The minimum atomic E-state index is 0.0846. The zero-order chi connectivity index (χ0) is 13.1. The molecule has 1 N–H and O–H groups in total. The summed E-state index contributed by atoms with van der Waals surface area (Å²) in [7, 11) is 0. The molecule has 1 atom stereocenters. The zero-order valence-electron chi connectivity index (χ0n) is 10.9. The molecule has 2 aromatic rings. The highest BCUT2D eigenvalue weighted by Gasteiger charge is 2.14. The first kappa shape index (κ1) is 12.3. The van der Waals surface area contributed by atoms with Gasteiger partial charge in [0, 0.05) is 6.54 Å². The largest absolute Gasteiger partial charge is 0.376 e. The lowest BCUT2D eigenvalue weighted by Crippen LogP contribution is -2.34. The molecule has 3 rings (SSSR count). The first-order chi connectivity index (χ1) is 9.33. The van der Waals surface area contributed by atoms with Crippen LogP contribution >= 0.6 is 0 Å². The third-order valence-corrected chi connectivity index (χ3v) is 3.13. The SMILES string of the molecule is Cc1nc2ccccc2nc1NCC1COCCO1. The summed E-state index contributed by atoms with van der Waals surface area (Å²) in [5.74, 6) is 0.813. The number of hydrogen-bond acceptors (Lipinski definition) is 5. The number of fused-ring (bicyclic) bond motifs is 1. The number of anilines is 1. The van der Waals surface area contributed by atoms with Crippen LogP contribution in [0.3, 0.4) is 0 Å². The highest BCUT2D eigenvalue weighted by molar-refractivity contribution is 5.76. The second-order valence-electron chi connectivity index (χ2n) is 4.59. The third kappa shape index (κ3) is 2.83. The lowest BCUT2D eigenvalue weighted by Gasteiger charge is -2.23. The molecule has 5 nitrogen and oxygen atoms in total. The molecule has 1 saturated heterocycles. The fourth-order valence-electron chi connectivity index (χ4n) is 2.12. The minimum absolute atomic E-state index is 0.0846. The Hall–Kier alpha value is -1.72. The van der Waals surface area contributed by atoms with Gasteiger partial charge in [0.15, 0.2) is 0 Å². The Morgan fingerprint density at radius 2 is 2.00 bits per heavy atom. The fraction of sp³-hybridized carbons (Fsp3) is 0.429. The molecule has 0 amide bonds. The summed E-state index contributed by atoms with van der Waals surface area (Å²) in [5, 5.41) is 3.30. The predicted molar refractivity (Wildman–Crippen MR) is 73.3 cm³/mol. The van der Waals surface area contributed by atoms with Crippen LogP contribution in [0.5, 0.6) is 0 Å². The number of aryl methyl sites for hydroxylation is 1. The summed E-state index contributed by atoms with van der Waals surface area (Å²) in [6.07, 6.45) is 0.0846. The average Bonchev–Trinajstić information content (AvgIpc) is 2.46. The minimum Gasteiger partial charge on any atom is -0.376 e. The third-order valence-electron chi connectivity index (χ3n) is 3.13. The van der Waals surface area contributed by atoms with Crippen molar-refractivity contribution >= 4 is 16.9 Å². The van der Waals surface area contributed by atoms with E-state index in [9.17, 15) is 0 Å². The van der Waals surface area contributed by atoms with Crippen LogP contribution in [-0.4, -0.2) is 42.4 Å². The summed E-state index contributed by atoms with van der Waals surface area (Å²) in [6.45, 7) is 4.63. The van der Waals surface area contributed by atoms with Gasteiger partial charge in [0.05, 0.1) is 42.7 Å². The monoisotopic (exact) mass is 259 g/mol. The summed E-state index contributed by atoms with van der Waals surface area (Å²) in [4.78, 5) is 9.13. The van der Waals surface area contributed by atoms with Crippen LogP contribution in [-0.2, 0) is 9.47 Å². The van der Waals surface area contributed by atoms with E-state index < -0.39 is 0 Å². The molecule has 1 aliphatic rings. The molecule has 1 aromatic heterocycles. The number of benzene rings is 1. The van der Waals surface area contributed by atoms with Crippen LogP contribution in [0, 0.1) is 6.92 Å². The molecule has 0 spiro atoms. The highest BCUT2D eigenvalue weighted by atomic mass is 16.6. The van der Waals surface area contributed by atoms with Crippen molar-refractivity contribution in [3.05, 3.63) is 30.0 Å². The van der Waals surface area contributed by atoms with Crippen molar-refractivity contribution in [1.29, 1.82) is 0 Å². The van der Waals surface area contributed by atoms with Gasteiger partial charge in [0.1, 0.15) is 5.82 Å².